The van der Waals surface area contributed by atoms with Crippen molar-refractivity contribution in [2.45, 2.75) is 13.8 Å². The van der Waals surface area contributed by atoms with Gasteiger partial charge in [0.05, 0.1) is 0 Å². The van der Waals surface area contributed by atoms with Crippen molar-refractivity contribution in [2.75, 3.05) is 0 Å². The van der Waals surface area contributed by atoms with E-state index >= 15 is 0 Å². The van der Waals surface area contributed by atoms with Gasteiger partial charge in [0.2, 0.25) is 0 Å². The summed E-state index contributed by atoms with van der Waals surface area (Å²) in [4.78, 5) is 0. The third kappa shape index (κ3) is 93.4. The Kier molecular flexibility index (Phi) is 175. The van der Waals surface area contributed by atoms with Gasteiger partial charge in [0.15, 0.2) is 0 Å². The zero-order chi connectivity index (χ0) is 6.71. The minimum atomic E-state index is 0. The van der Waals surface area contributed by atoms with Gasteiger partial charge in [-0.3, -0.25) is 0 Å². The van der Waals surface area contributed by atoms with Gasteiger partial charge >= 0.3 is 0 Å². The second-order valence-electron chi connectivity index (χ2n) is 0.0825. The number of rotatable bonds is 0. The molecule has 0 saturated heterocycles. The topological polar surface area (TPSA) is 0 Å². The average molecular weight is 390 g/mol. The van der Waals surface area contributed by atoms with Gasteiger partial charge in [0.25, 0.3) is 0 Å². The largest absolute Gasteiger partial charge is 0.346 e. The van der Waals surface area contributed by atoms with Crippen LogP contribution in [0.4, 0.5) is 0 Å². The molecule has 0 unspecified atom stereocenters. The fourth-order valence-corrected chi connectivity index (χ4v) is 0. The van der Waals surface area contributed by atoms with Gasteiger partial charge in [-0.15, -0.1) is 0 Å². The third-order valence-electron chi connectivity index (χ3n) is 0. The summed E-state index contributed by atoms with van der Waals surface area (Å²) in [6.07, 6.45) is 0. The molecular formula is C5H11I2Zn-3. The second kappa shape index (κ2) is 62.4. The SMILES string of the molecule is I[CH-]I.[CH2-]C.[CH2-]C.[Zn]. The van der Waals surface area contributed by atoms with Gasteiger partial charge in [-0.1, -0.05) is 0 Å². The van der Waals surface area contributed by atoms with Crippen LogP contribution in [0.25, 0.3) is 0 Å². The Hall–Kier alpha value is 2.08. The van der Waals surface area contributed by atoms with Crippen LogP contribution in [0.5, 0.6) is 0 Å². The van der Waals surface area contributed by atoms with Gasteiger partial charge in [0, 0.05) is 19.5 Å². The van der Waals surface area contributed by atoms with Gasteiger partial charge in [-0.25, -0.2) is 2.43 Å². The van der Waals surface area contributed by atoms with Crippen molar-refractivity contribution < 1.29 is 19.5 Å². The molecule has 0 atom stereocenters. The number of hydrogen-bond acceptors (Lipinski definition) is 0. The Labute approximate surface area is 93.6 Å². The van der Waals surface area contributed by atoms with Gasteiger partial charge in [-0.2, -0.15) is 13.8 Å². The first-order chi connectivity index (χ1) is 3.41. The summed E-state index contributed by atoms with van der Waals surface area (Å²) < 4.78 is 1.94. The number of hydrogen-bond donors (Lipinski definition) is 0. The molecule has 0 heterocycles. The molecule has 0 fully saturated rings. The monoisotopic (exact) mass is 389 g/mol. The van der Waals surface area contributed by atoms with Crippen molar-refractivity contribution in [3.05, 3.63) is 16.3 Å². The van der Waals surface area contributed by atoms with Crippen LogP contribution in [0, 0.1) is 16.3 Å². The Balaban J connectivity index is -0.0000000147. The van der Waals surface area contributed by atoms with Crippen LogP contribution < -0.4 is 0 Å². The third-order valence-corrected chi connectivity index (χ3v) is 0. The first kappa shape index (κ1) is 22.5. The molecule has 0 aliphatic rings. The van der Waals surface area contributed by atoms with E-state index in [1.165, 1.54) is 0 Å². The summed E-state index contributed by atoms with van der Waals surface area (Å²) in [5.41, 5.74) is 0. The molecule has 0 aliphatic heterocycles. The van der Waals surface area contributed by atoms with Crippen LogP contribution in [0.2, 0.25) is 0 Å². The molecule has 0 N–H and O–H groups in total. The Morgan fingerprint density at radius 2 is 1.00 bits per heavy atom. The van der Waals surface area contributed by atoms with Crippen molar-refractivity contribution in [2.24, 2.45) is 0 Å². The van der Waals surface area contributed by atoms with Crippen molar-refractivity contribution >= 4 is 45.2 Å². The molecule has 0 aromatic rings. The minimum absolute atomic E-state index is 0. The summed E-state index contributed by atoms with van der Waals surface area (Å²) in [6.45, 7) is 10.0. The van der Waals surface area contributed by atoms with Crippen LogP contribution in [0.1, 0.15) is 13.8 Å². The molecule has 50 valence electrons. The average Bonchev–Trinajstić information content (AvgIpc) is 1.78. The fraction of sp³-hybridized carbons (Fsp3) is 0.400. The van der Waals surface area contributed by atoms with Crippen molar-refractivity contribution in [3.63, 3.8) is 0 Å². The minimum Gasteiger partial charge on any atom is -0.346 e. The summed E-state index contributed by atoms with van der Waals surface area (Å²) in [5.74, 6) is 0. The maximum atomic E-state index is 3.25. The molecule has 0 amide bonds. The summed E-state index contributed by atoms with van der Waals surface area (Å²) in [6, 6.07) is 0. The quantitative estimate of drug-likeness (QED) is 0.337. The zero-order valence-corrected chi connectivity index (χ0v) is 12.7. The van der Waals surface area contributed by atoms with Crippen molar-refractivity contribution in [1.82, 2.24) is 0 Å². The second-order valence-corrected chi connectivity index (χ2v) is 3.71. The van der Waals surface area contributed by atoms with Crippen molar-refractivity contribution in [1.29, 1.82) is 0 Å². The molecule has 0 radical (unpaired) electrons. The summed E-state index contributed by atoms with van der Waals surface area (Å²) in [7, 11) is 0. The molecule has 3 heteroatoms. The molecule has 0 nitrogen and oxygen atoms in total. The van der Waals surface area contributed by atoms with Crippen LogP contribution in [-0.4, -0.2) is 0 Å². The van der Waals surface area contributed by atoms with Crippen molar-refractivity contribution in [3.8, 4) is 0 Å². The van der Waals surface area contributed by atoms with Crippen LogP contribution in [0.15, 0.2) is 0 Å². The molecular weight excluding hydrogens is 379 g/mol. The van der Waals surface area contributed by atoms with E-state index in [-0.39, 0.29) is 19.5 Å². The molecule has 0 rings (SSSR count). The van der Waals surface area contributed by atoms with E-state index in [1.54, 1.807) is 13.8 Å². The Morgan fingerprint density at radius 3 is 1.00 bits per heavy atom. The van der Waals surface area contributed by atoms with E-state index in [9.17, 15) is 0 Å². The predicted octanol–water partition coefficient (Wildman–Crippen LogP) is 3.65. The normalized spacial score (nSPS) is 3.75. The Morgan fingerprint density at radius 1 is 1.00 bits per heavy atom. The Bertz CT molecular complexity index is 10.4. The van der Waals surface area contributed by atoms with E-state index in [0.717, 1.165) is 0 Å². The maximum absolute atomic E-state index is 3.25. The van der Waals surface area contributed by atoms with Gasteiger partial charge < -0.3 is 59.0 Å². The molecule has 0 saturated carbocycles. The first-order valence-electron chi connectivity index (χ1n) is 1.85. The predicted molar refractivity (Wildman–Crippen MR) is 54.4 cm³/mol. The zero-order valence-electron chi connectivity index (χ0n) is 5.45. The molecule has 0 spiro atoms. The van der Waals surface area contributed by atoms with E-state index in [0.29, 0.717) is 0 Å². The van der Waals surface area contributed by atoms with Gasteiger partial charge in [-0.05, 0) is 0 Å². The smallest absolute Gasteiger partial charge is 0 e. The molecule has 8 heavy (non-hydrogen) atoms. The van der Waals surface area contributed by atoms with E-state index in [2.05, 4.69) is 59.0 Å². The van der Waals surface area contributed by atoms with Gasteiger partial charge in [0.1, 0.15) is 0 Å². The van der Waals surface area contributed by atoms with Crippen LogP contribution in [0.3, 0.4) is 0 Å². The van der Waals surface area contributed by atoms with E-state index in [1.807, 2.05) is 2.43 Å². The maximum Gasteiger partial charge on any atom is 0 e. The van der Waals surface area contributed by atoms with E-state index in [4.69, 9.17) is 0 Å². The molecule has 0 aromatic heterocycles. The summed E-state index contributed by atoms with van der Waals surface area (Å²) in [5, 5.41) is 0. The number of halogens is 2. The van der Waals surface area contributed by atoms with E-state index < -0.39 is 0 Å². The summed E-state index contributed by atoms with van der Waals surface area (Å²) >= 11 is 4.30. The molecule has 0 aliphatic carbocycles. The standard InChI is InChI=1S/2C2H5.CHI2.Zn/c2*1-2;2-1-3;/h2*1H2,2H3;1H;/q3*-1;. The molecule has 0 aromatic carbocycles. The molecule has 0 bridgehead atoms. The fourth-order valence-electron chi connectivity index (χ4n) is 0. The van der Waals surface area contributed by atoms with Crippen LogP contribution in [-0.2, 0) is 19.5 Å². The van der Waals surface area contributed by atoms with Crippen LogP contribution >= 0.6 is 45.2 Å². The first-order valence-corrected chi connectivity index (χ1v) is 4.34.